The molecular weight excluding hydrogens is 188 g/mol. The summed E-state index contributed by atoms with van der Waals surface area (Å²) in [7, 11) is 0. The first-order chi connectivity index (χ1) is 6.16. The summed E-state index contributed by atoms with van der Waals surface area (Å²) in [6.07, 6.45) is 1.99. The van der Waals surface area contributed by atoms with Gasteiger partial charge in [0.1, 0.15) is 6.04 Å². The summed E-state index contributed by atoms with van der Waals surface area (Å²) in [5, 5.41) is 2.55. The number of nitrogens with zero attached hydrogens (tertiary/aromatic N) is 1. The topological polar surface area (TPSA) is 49.4 Å². The van der Waals surface area contributed by atoms with E-state index in [2.05, 4.69) is 5.32 Å². The molecule has 0 spiro atoms. The predicted molar refractivity (Wildman–Crippen MR) is 52.6 cm³/mol. The number of carbonyl (C=O) groups is 2. The first kappa shape index (κ1) is 10.4. The molecule has 74 valence electrons. The van der Waals surface area contributed by atoms with E-state index in [1.807, 2.05) is 6.26 Å². The zero-order chi connectivity index (χ0) is 9.84. The van der Waals surface area contributed by atoms with Crippen molar-refractivity contribution in [2.75, 3.05) is 25.1 Å². The molecule has 0 radical (unpaired) electrons. The Hall–Kier alpha value is -0.710. The molecule has 1 saturated heterocycles. The van der Waals surface area contributed by atoms with E-state index in [4.69, 9.17) is 0 Å². The van der Waals surface area contributed by atoms with Crippen molar-refractivity contribution in [1.82, 2.24) is 10.2 Å². The molecule has 1 N–H and O–H groups in total. The number of nitrogens with one attached hydrogen (secondary N) is 1. The van der Waals surface area contributed by atoms with Gasteiger partial charge in [-0.25, -0.2) is 0 Å². The number of hydrogen-bond donors (Lipinski definition) is 1. The van der Waals surface area contributed by atoms with Crippen molar-refractivity contribution in [3.63, 3.8) is 0 Å². The van der Waals surface area contributed by atoms with Crippen LogP contribution in [0.25, 0.3) is 0 Å². The van der Waals surface area contributed by atoms with Crippen molar-refractivity contribution in [2.45, 2.75) is 13.0 Å². The number of thioether (sulfide) groups is 1. The van der Waals surface area contributed by atoms with Gasteiger partial charge in [0, 0.05) is 12.3 Å². The lowest BCUT2D eigenvalue weighted by Crippen LogP contribution is -2.57. The minimum Gasteiger partial charge on any atom is -0.345 e. The Morgan fingerprint density at radius 2 is 2.31 bits per heavy atom. The van der Waals surface area contributed by atoms with Crippen molar-refractivity contribution in [2.24, 2.45) is 0 Å². The van der Waals surface area contributed by atoms with E-state index in [0.717, 1.165) is 5.75 Å². The molecule has 1 fully saturated rings. The monoisotopic (exact) mass is 202 g/mol. The van der Waals surface area contributed by atoms with Crippen LogP contribution in [0.1, 0.15) is 6.92 Å². The molecule has 1 unspecified atom stereocenters. The molecule has 0 aromatic rings. The molecule has 4 nitrogen and oxygen atoms in total. The maximum absolute atomic E-state index is 11.4. The second kappa shape index (κ2) is 4.50. The molecule has 0 aromatic heterocycles. The predicted octanol–water partition coefficient (Wildman–Crippen LogP) is -0.304. The van der Waals surface area contributed by atoms with Crippen LogP contribution >= 0.6 is 11.8 Å². The fourth-order valence-corrected chi connectivity index (χ4v) is 1.66. The van der Waals surface area contributed by atoms with Crippen LogP contribution in [0.3, 0.4) is 0 Å². The largest absolute Gasteiger partial charge is 0.345 e. The van der Waals surface area contributed by atoms with E-state index < -0.39 is 0 Å². The van der Waals surface area contributed by atoms with Crippen LogP contribution in [0.2, 0.25) is 0 Å². The lowest BCUT2D eigenvalue weighted by Gasteiger charge is -2.32. The second-order valence-electron chi connectivity index (χ2n) is 2.97. The summed E-state index contributed by atoms with van der Waals surface area (Å²) in [5.74, 6) is 0.838. The normalized spacial score (nSPS) is 23.2. The number of rotatable bonds is 3. The minimum atomic E-state index is -0.312. The van der Waals surface area contributed by atoms with Crippen LogP contribution in [0.5, 0.6) is 0 Å². The van der Waals surface area contributed by atoms with E-state index >= 15 is 0 Å². The average molecular weight is 202 g/mol. The van der Waals surface area contributed by atoms with E-state index in [1.165, 1.54) is 0 Å². The van der Waals surface area contributed by atoms with Crippen LogP contribution in [0.15, 0.2) is 0 Å². The average Bonchev–Trinajstić information content (AvgIpc) is 2.12. The SMILES string of the molecule is CSCCN1C(=O)CNC(=O)C1C. The third-order valence-corrected chi connectivity index (χ3v) is 2.71. The number of amides is 2. The highest BCUT2D eigenvalue weighted by atomic mass is 32.2. The van der Waals surface area contributed by atoms with Gasteiger partial charge < -0.3 is 10.2 Å². The van der Waals surface area contributed by atoms with Gasteiger partial charge in [0.25, 0.3) is 0 Å². The minimum absolute atomic E-state index is 0.0150. The zero-order valence-electron chi connectivity index (χ0n) is 7.87. The maximum atomic E-state index is 11.4. The zero-order valence-corrected chi connectivity index (χ0v) is 8.69. The molecular formula is C8H14N2O2S. The van der Waals surface area contributed by atoms with Crippen molar-refractivity contribution >= 4 is 23.6 Å². The van der Waals surface area contributed by atoms with Gasteiger partial charge in [0.05, 0.1) is 6.54 Å². The van der Waals surface area contributed by atoms with Gasteiger partial charge in [-0.15, -0.1) is 0 Å². The third kappa shape index (κ3) is 2.37. The molecule has 5 heteroatoms. The fraction of sp³-hybridized carbons (Fsp3) is 0.750. The first-order valence-corrected chi connectivity index (χ1v) is 5.62. The molecule has 1 aliphatic heterocycles. The Labute approximate surface area is 82.0 Å². The van der Waals surface area contributed by atoms with E-state index in [0.29, 0.717) is 6.54 Å². The van der Waals surface area contributed by atoms with Gasteiger partial charge in [-0.2, -0.15) is 11.8 Å². The lowest BCUT2D eigenvalue weighted by molar-refractivity contribution is -0.144. The van der Waals surface area contributed by atoms with Crippen molar-refractivity contribution < 1.29 is 9.59 Å². The molecule has 13 heavy (non-hydrogen) atoms. The second-order valence-corrected chi connectivity index (χ2v) is 3.96. The van der Waals surface area contributed by atoms with Gasteiger partial charge in [-0.3, -0.25) is 9.59 Å². The molecule has 0 bridgehead atoms. The van der Waals surface area contributed by atoms with Crippen LogP contribution in [0, 0.1) is 0 Å². The smallest absolute Gasteiger partial charge is 0.242 e. The summed E-state index contributed by atoms with van der Waals surface area (Å²) in [6, 6.07) is -0.312. The Balaban J connectivity index is 2.55. The highest BCUT2D eigenvalue weighted by Gasteiger charge is 2.29. The highest BCUT2D eigenvalue weighted by molar-refractivity contribution is 7.98. The van der Waals surface area contributed by atoms with Crippen molar-refractivity contribution in [3.05, 3.63) is 0 Å². The van der Waals surface area contributed by atoms with Crippen LogP contribution in [-0.2, 0) is 9.59 Å². The summed E-state index contributed by atoms with van der Waals surface area (Å²) >= 11 is 1.67. The number of hydrogen-bond acceptors (Lipinski definition) is 3. The molecule has 1 atom stereocenters. The number of piperazine rings is 1. The van der Waals surface area contributed by atoms with Gasteiger partial charge >= 0.3 is 0 Å². The van der Waals surface area contributed by atoms with Gasteiger partial charge in [0.15, 0.2) is 0 Å². The van der Waals surface area contributed by atoms with Gasteiger partial charge in [-0.05, 0) is 13.2 Å². The Morgan fingerprint density at radius 3 is 2.92 bits per heavy atom. The Morgan fingerprint density at radius 1 is 1.62 bits per heavy atom. The first-order valence-electron chi connectivity index (χ1n) is 4.23. The molecule has 0 saturated carbocycles. The standard InChI is InChI=1S/C8H14N2O2S/c1-6-8(12)9-5-7(11)10(6)3-4-13-2/h6H,3-5H2,1-2H3,(H,9,12). The number of carbonyl (C=O) groups excluding carboxylic acids is 2. The van der Waals surface area contributed by atoms with Gasteiger partial charge in [-0.1, -0.05) is 0 Å². The summed E-state index contributed by atoms with van der Waals surface area (Å²) in [5.41, 5.74) is 0. The van der Waals surface area contributed by atoms with Gasteiger partial charge in [0.2, 0.25) is 11.8 Å². The molecule has 2 amide bonds. The third-order valence-electron chi connectivity index (χ3n) is 2.12. The molecule has 1 rings (SSSR count). The Kier molecular flexibility index (Phi) is 3.59. The summed E-state index contributed by atoms with van der Waals surface area (Å²) < 4.78 is 0. The van der Waals surface area contributed by atoms with E-state index in [-0.39, 0.29) is 24.4 Å². The molecule has 0 aromatic carbocycles. The lowest BCUT2D eigenvalue weighted by atomic mass is 10.2. The Bertz CT molecular complexity index is 220. The summed E-state index contributed by atoms with van der Waals surface area (Å²) in [4.78, 5) is 24.2. The molecule has 0 aliphatic carbocycles. The quantitative estimate of drug-likeness (QED) is 0.683. The summed E-state index contributed by atoms with van der Waals surface area (Å²) in [6.45, 7) is 2.57. The molecule has 1 aliphatic rings. The van der Waals surface area contributed by atoms with E-state index in [9.17, 15) is 9.59 Å². The maximum Gasteiger partial charge on any atom is 0.242 e. The van der Waals surface area contributed by atoms with Crippen molar-refractivity contribution in [1.29, 1.82) is 0 Å². The molecule has 1 heterocycles. The highest BCUT2D eigenvalue weighted by Crippen LogP contribution is 2.06. The van der Waals surface area contributed by atoms with Crippen LogP contribution < -0.4 is 5.32 Å². The van der Waals surface area contributed by atoms with Crippen molar-refractivity contribution in [3.8, 4) is 0 Å². The fourth-order valence-electron chi connectivity index (χ4n) is 1.28. The van der Waals surface area contributed by atoms with E-state index in [1.54, 1.807) is 23.6 Å². The van der Waals surface area contributed by atoms with Crippen LogP contribution in [0.4, 0.5) is 0 Å². The van der Waals surface area contributed by atoms with Crippen LogP contribution in [-0.4, -0.2) is 47.9 Å².